The Kier molecular flexibility index (Phi) is 7.99. The van der Waals surface area contributed by atoms with E-state index < -0.39 is 0 Å². The van der Waals surface area contributed by atoms with Gasteiger partial charge in [-0.3, -0.25) is 0 Å². The summed E-state index contributed by atoms with van der Waals surface area (Å²) in [5, 5.41) is 5.02. The molecule has 3 aliphatic carbocycles. The third-order valence-corrected chi connectivity index (χ3v) is 13.3. The van der Waals surface area contributed by atoms with Crippen molar-refractivity contribution in [2.45, 2.75) is 18.4 Å². The van der Waals surface area contributed by atoms with Gasteiger partial charge in [-0.15, -0.1) is 0 Å². The first-order valence-corrected chi connectivity index (χ1v) is 21.1. The van der Waals surface area contributed by atoms with E-state index in [1.165, 1.54) is 94.4 Å². The quantitative estimate of drug-likeness (QED) is 0.156. The van der Waals surface area contributed by atoms with Crippen LogP contribution in [0.3, 0.4) is 0 Å². The monoisotopic (exact) mass is 766 g/mol. The Morgan fingerprint density at radius 3 is 2.07 bits per heavy atom. The summed E-state index contributed by atoms with van der Waals surface area (Å²) in [6.45, 7) is 4.64. The van der Waals surface area contributed by atoms with Gasteiger partial charge >= 0.3 is 0 Å². The predicted octanol–water partition coefficient (Wildman–Crippen LogP) is 15.1. The summed E-state index contributed by atoms with van der Waals surface area (Å²) >= 11 is 0. The van der Waals surface area contributed by atoms with Crippen LogP contribution in [0.25, 0.3) is 49.4 Å². The fourth-order valence-corrected chi connectivity index (χ4v) is 10.4. The first-order chi connectivity index (χ1) is 29.7. The zero-order chi connectivity index (χ0) is 39.7. The van der Waals surface area contributed by atoms with Gasteiger partial charge in [-0.25, -0.2) is 0 Å². The molecule has 3 atom stereocenters. The molecule has 0 spiro atoms. The molecule has 0 saturated carbocycles. The Hall–Kier alpha value is -7.42. The molecule has 2 nitrogen and oxygen atoms in total. The maximum Gasteiger partial charge on any atom is 0.0630 e. The van der Waals surface area contributed by atoms with Crippen molar-refractivity contribution < 1.29 is 0 Å². The molecule has 60 heavy (non-hydrogen) atoms. The number of hydrogen-bond donors (Lipinski definition) is 0. The highest BCUT2D eigenvalue weighted by atomic mass is 15.2. The second kappa shape index (κ2) is 13.9. The van der Waals surface area contributed by atoms with Crippen molar-refractivity contribution in [2.75, 3.05) is 9.80 Å². The van der Waals surface area contributed by atoms with Gasteiger partial charge in [0.25, 0.3) is 0 Å². The zero-order valence-corrected chi connectivity index (χ0v) is 33.2. The van der Waals surface area contributed by atoms with E-state index in [2.05, 4.69) is 229 Å². The summed E-state index contributed by atoms with van der Waals surface area (Å²) in [6, 6.07) is 66.9. The van der Waals surface area contributed by atoms with Crippen LogP contribution in [0.1, 0.15) is 34.6 Å². The number of hydrogen-bond acceptors (Lipinski definition) is 2. The van der Waals surface area contributed by atoms with Crippen LogP contribution in [0.5, 0.6) is 0 Å². The lowest BCUT2D eigenvalue weighted by molar-refractivity contribution is 0.747. The number of para-hydroxylation sites is 1. The first kappa shape index (κ1) is 34.6. The molecule has 8 aromatic carbocycles. The van der Waals surface area contributed by atoms with Gasteiger partial charge in [-0.05, 0) is 115 Å². The maximum absolute atomic E-state index is 4.64. The Morgan fingerprint density at radius 2 is 1.23 bits per heavy atom. The number of allylic oxidation sites excluding steroid dienone is 7. The average molecular weight is 767 g/mol. The van der Waals surface area contributed by atoms with Gasteiger partial charge in [0.2, 0.25) is 0 Å². The Balaban J connectivity index is 0.919. The topological polar surface area (TPSA) is 6.48 Å². The molecular weight excluding hydrogens is 725 g/mol. The van der Waals surface area contributed by atoms with Crippen LogP contribution in [-0.2, 0) is 0 Å². The van der Waals surface area contributed by atoms with Gasteiger partial charge in [0, 0.05) is 40.0 Å². The standard InChI is InChI=1S/C58H42N2/c1-38-47-16-7-8-18-49(47)51-33-32-46(37-54(38)51)59(58-36-43-15-5-6-17-48(43)50-19-9-10-20-52(50)58)44-28-25-41(26-29-44)42-27-34-57-55(35-42)53-21-11-12-22-56(53)60(57)45-30-23-40(24-31-45)39-13-3-2-4-14-39/h2-36,54-55,57H,1,37H2. The van der Waals surface area contributed by atoms with E-state index in [0.29, 0.717) is 0 Å². The predicted molar refractivity (Wildman–Crippen MR) is 254 cm³/mol. The minimum absolute atomic E-state index is 0.206. The summed E-state index contributed by atoms with van der Waals surface area (Å²) < 4.78 is 0. The summed E-state index contributed by atoms with van der Waals surface area (Å²) in [5.41, 5.74) is 17.6. The van der Waals surface area contributed by atoms with E-state index in [1.807, 2.05) is 0 Å². The number of nitrogens with zero attached hydrogens (tertiary/aromatic N) is 2. The van der Waals surface area contributed by atoms with Crippen LogP contribution in [0, 0.1) is 5.92 Å². The van der Waals surface area contributed by atoms with E-state index in [-0.39, 0.29) is 17.9 Å². The molecule has 0 aromatic heterocycles. The lowest BCUT2D eigenvalue weighted by Crippen LogP contribution is -2.28. The zero-order valence-electron chi connectivity index (χ0n) is 33.2. The van der Waals surface area contributed by atoms with Crippen molar-refractivity contribution in [1.29, 1.82) is 0 Å². The molecule has 0 bridgehead atoms. The molecule has 8 aromatic rings. The fraction of sp³-hybridized carbons (Fsp3) is 0.0690. The molecule has 0 fully saturated rings. The Labute approximate surface area is 351 Å². The van der Waals surface area contributed by atoms with Crippen LogP contribution in [0.15, 0.2) is 225 Å². The maximum atomic E-state index is 4.64. The molecule has 12 rings (SSSR count). The van der Waals surface area contributed by atoms with Gasteiger partial charge in [0.05, 0.1) is 11.7 Å². The van der Waals surface area contributed by atoms with E-state index in [4.69, 9.17) is 0 Å². The van der Waals surface area contributed by atoms with Crippen LogP contribution in [0.4, 0.5) is 22.7 Å². The molecule has 0 saturated heterocycles. The number of fused-ring (bicyclic) bond motifs is 9. The highest BCUT2D eigenvalue weighted by Gasteiger charge is 2.38. The van der Waals surface area contributed by atoms with Gasteiger partial charge in [0.1, 0.15) is 0 Å². The molecular formula is C58H42N2. The molecule has 2 heteroatoms. The largest absolute Gasteiger partial charge is 0.333 e. The van der Waals surface area contributed by atoms with Gasteiger partial charge < -0.3 is 9.80 Å². The minimum atomic E-state index is 0.206. The van der Waals surface area contributed by atoms with E-state index in [1.54, 1.807) is 0 Å². The molecule has 284 valence electrons. The van der Waals surface area contributed by atoms with Gasteiger partial charge in [-0.2, -0.15) is 0 Å². The summed E-state index contributed by atoms with van der Waals surface area (Å²) in [7, 11) is 0. The second-order valence-electron chi connectivity index (χ2n) is 16.5. The molecule has 0 N–H and O–H groups in total. The second-order valence-corrected chi connectivity index (χ2v) is 16.5. The molecule has 1 heterocycles. The smallest absolute Gasteiger partial charge is 0.0630 e. The van der Waals surface area contributed by atoms with E-state index in [0.717, 1.165) is 12.1 Å². The lowest BCUT2D eigenvalue weighted by Gasteiger charge is -2.33. The van der Waals surface area contributed by atoms with Crippen LogP contribution in [-0.4, -0.2) is 6.04 Å². The average Bonchev–Trinajstić information content (AvgIpc) is 3.80. The first-order valence-electron chi connectivity index (χ1n) is 21.1. The van der Waals surface area contributed by atoms with Gasteiger partial charge in [0.15, 0.2) is 0 Å². The highest BCUT2D eigenvalue weighted by molar-refractivity contribution is 6.14. The van der Waals surface area contributed by atoms with Crippen molar-refractivity contribution >= 4 is 61.0 Å². The summed E-state index contributed by atoms with van der Waals surface area (Å²) in [4.78, 5) is 5.03. The highest BCUT2D eigenvalue weighted by Crippen LogP contribution is 2.52. The van der Waals surface area contributed by atoms with Crippen molar-refractivity contribution in [3.8, 4) is 11.1 Å². The molecule has 1 aliphatic heterocycles. The molecule has 0 amide bonds. The molecule has 3 unspecified atom stereocenters. The lowest BCUT2D eigenvalue weighted by atomic mass is 9.86. The van der Waals surface area contributed by atoms with Crippen LogP contribution < -0.4 is 9.80 Å². The Morgan fingerprint density at radius 1 is 0.567 bits per heavy atom. The van der Waals surface area contributed by atoms with Gasteiger partial charge in [-0.1, -0.05) is 176 Å². The van der Waals surface area contributed by atoms with Crippen LogP contribution in [0.2, 0.25) is 0 Å². The van der Waals surface area contributed by atoms with Crippen molar-refractivity contribution in [2.24, 2.45) is 5.92 Å². The minimum Gasteiger partial charge on any atom is -0.333 e. The SMILES string of the molecule is C=C1c2ccccc2C2=CC=C(N(c3ccc(C4=CC5c6ccccc6N(c6ccc(-c7ccccc7)cc6)C5C=C4)cc3)c3cc4ccccc4c4ccccc34)CC12. The summed E-state index contributed by atoms with van der Waals surface area (Å²) in [5.74, 6) is 0.490. The fourth-order valence-electron chi connectivity index (χ4n) is 10.4. The third-order valence-electron chi connectivity index (χ3n) is 13.3. The number of anilines is 4. The third kappa shape index (κ3) is 5.48. The molecule has 4 aliphatic rings. The normalized spacial score (nSPS) is 18.7. The Bertz CT molecular complexity index is 3140. The van der Waals surface area contributed by atoms with Crippen molar-refractivity contribution in [1.82, 2.24) is 0 Å². The van der Waals surface area contributed by atoms with Crippen molar-refractivity contribution in [3.05, 3.63) is 247 Å². The van der Waals surface area contributed by atoms with Crippen molar-refractivity contribution in [3.63, 3.8) is 0 Å². The molecule has 0 radical (unpaired) electrons. The number of benzene rings is 8. The summed E-state index contributed by atoms with van der Waals surface area (Å²) in [6.07, 6.45) is 12.8. The van der Waals surface area contributed by atoms with E-state index in [9.17, 15) is 0 Å². The van der Waals surface area contributed by atoms with Crippen LogP contribution >= 0.6 is 0 Å². The van der Waals surface area contributed by atoms with E-state index >= 15 is 0 Å². The number of rotatable bonds is 6.